The third-order valence-electron chi connectivity index (χ3n) is 2.37. The quantitative estimate of drug-likeness (QED) is 0.853. The first-order valence-electron chi connectivity index (χ1n) is 5.22. The molecule has 0 fully saturated rings. The second-order valence-corrected chi connectivity index (χ2v) is 6.83. The van der Waals surface area contributed by atoms with Crippen molar-refractivity contribution in [2.75, 3.05) is 5.73 Å². The largest absolute Gasteiger partial charge is 0.398 e. The fourth-order valence-electron chi connectivity index (χ4n) is 1.44. The predicted octanol–water partition coefficient (Wildman–Crippen LogP) is 2.72. The molecule has 4 nitrogen and oxygen atoms in total. The Balaban J connectivity index is 2.36. The Hall–Kier alpha value is -1.21. The van der Waals surface area contributed by atoms with Gasteiger partial charge in [0.15, 0.2) is 0 Å². The summed E-state index contributed by atoms with van der Waals surface area (Å²) in [6, 6.07) is 11.7. The molecule has 0 bridgehead atoms. The summed E-state index contributed by atoms with van der Waals surface area (Å²) < 4.78 is 22.4. The van der Waals surface area contributed by atoms with E-state index < -0.39 is 10.0 Å². The van der Waals surface area contributed by atoms with Crippen LogP contribution < -0.4 is 10.9 Å². The molecular weight excluding hydrogens is 304 g/mol. The highest BCUT2D eigenvalue weighted by Crippen LogP contribution is 2.36. The Morgan fingerprint density at radius 1 is 1.05 bits per heavy atom. The van der Waals surface area contributed by atoms with Crippen LogP contribution in [0.2, 0.25) is 5.02 Å². The molecule has 0 spiro atoms. The van der Waals surface area contributed by atoms with Gasteiger partial charge in [0.05, 0.1) is 9.92 Å². The first kappa shape index (κ1) is 14.2. The number of nitrogen functional groups attached to an aromatic ring is 1. The Morgan fingerprint density at radius 3 is 2.32 bits per heavy atom. The van der Waals surface area contributed by atoms with Crippen LogP contribution >= 0.6 is 23.4 Å². The van der Waals surface area contributed by atoms with Crippen LogP contribution in [-0.4, -0.2) is 8.42 Å². The Morgan fingerprint density at radius 2 is 1.74 bits per heavy atom. The molecule has 0 aliphatic carbocycles. The van der Waals surface area contributed by atoms with E-state index in [1.807, 2.05) is 18.2 Å². The van der Waals surface area contributed by atoms with Gasteiger partial charge in [-0.15, -0.1) is 0 Å². The summed E-state index contributed by atoms with van der Waals surface area (Å²) in [7, 11) is -3.74. The minimum Gasteiger partial charge on any atom is -0.398 e. The predicted molar refractivity (Wildman–Crippen MR) is 77.8 cm³/mol. The number of primary sulfonamides is 1. The van der Waals surface area contributed by atoms with Gasteiger partial charge in [0.1, 0.15) is 0 Å². The van der Waals surface area contributed by atoms with Crippen molar-refractivity contribution in [1.29, 1.82) is 0 Å². The highest BCUT2D eigenvalue weighted by atomic mass is 35.5. The topological polar surface area (TPSA) is 86.2 Å². The van der Waals surface area contributed by atoms with Gasteiger partial charge in [-0.1, -0.05) is 35.5 Å². The van der Waals surface area contributed by atoms with E-state index in [1.54, 1.807) is 12.1 Å². The van der Waals surface area contributed by atoms with Crippen molar-refractivity contribution in [3.63, 3.8) is 0 Å². The van der Waals surface area contributed by atoms with Crippen LogP contribution in [0.3, 0.4) is 0 Å². The van der Waals surface area contributed by atoms with E-state index in [2.05, 4.69) is 0 Å². The summed E-state index contributed by atoms with van der Waals surface area (Å²) in [4.78, 5) is 1.56. The van der Waals surface area contributed by atoms with Crippen molar-refractivity contribution in [2.45, 2.75) is 14.7 Å². The summed E-state index contributed by atoms with van der Waals surface area (Å²) in [5, 5.41) is 5.65. The van der Waals surface area contributed by atoms with E-state index in [-0.39, 0.29) is 4.90 Å². The third-order valence-corrected chi connectivity index (χ3v) is 4.89. The van der Waals surface area contributed by atoms with E-state index in [4.69, 9.17) is 22.5 Å². The van der Waals surface area contributed by atoms with Gasteiger partial charge in [0.25, 0.3) is 0 Å². The lowest BCUT2D eigenvalue weighted by atomic mass is 10.3. The molecule has 0 heterocycles. The molecule has 4 N–H and O–H groups in total. The molecular formula is C12H11ClN2O2S2. The standard InChI is InChI=1S/C12H11ClN2O2S2/c13-9-3-1-2-4-11(9)18-12-6-5-8(7-10(12)14)19(15,16)17/h1-7H,14H2,(H2,15,16,17). The number of sulfonamides is 1. The van der Waals surface area contributed by atoms with Gasteiger partial charge < -0.3 is 5.73 Å². The van der Waals surface area contributed by atoms with Crippen molar-refractivity contribution in [2.24, 2.45) is 5.14 Å². The molecule has 100 valence electrons. The van der Waals surface area contributed by atoms with Crippen LogP contribution in [0, 0.1) is 0 Å². The molecule has 19 heavy (non-hydrogen) atoms. The van der Waals surface area contributed by atoms with Crippen LogP contribution in [0.5, 0.6) is 0 Å². The monoisotopic (exact) mass is 314 g/mol. The summed E-state index contributed by atoms with van der Waals surface area (Å²) in [6.45, 7) is 0. The SMILES string of the molecule is Nc1cc(S(N)(=O)=O)ccc1Sc1ccccc1Cl. The Bertz CT molecular complexity index is 717. The zero-order valence-electron chi connectivity index (χ0n) is 9.71. The zero-order valence-corrected chi connectivity index (χ0v) is 12.1. The van der Waals surface area contributed by atoms with E-state index in [9.17, 15) is 8.42 Å². The second kappa shape index (κ2) is 5.42. The molecule has 0 aliphatic heterocycles. The summed E-state index contributed by atoms with van der Waals surface area (Å²) in [5.41, 5.74) is 6.18. The summed E-state index contributed by atoms with van der Waals surface area (Å²) in [6.07, 6.45) is 0. The number of benzene rings is 2. The number of hydrogen-bond acceptors (Lipinski definition) is 4. The van der Waals surface area contributed by atoms with E-state index in [0.717, 1.165) is 9.79 Å². The third kappa shape index (κ3) is 3.42. The highest BCUT2D eigenvalue weighted by Gasteiger charge is 2.11. The number of hydrogen-bond donors (Lipinski definition) is 2. The van der Waals surface area contributed by atoms with Crippen LogP contribution in [0.25, 0.3) is 0 Å². The maximum atomic E-state index is 11.2. The van der Waals surface area contributed by atoms with Crippen molar-refractivity contribution >= 4 is 39.1 Å². The maximum Gasteiger partial charge on any atom is 0.238 e. The first-order valence-corrected chi connectivity index (χ1v) is 7.97. The Kier molecular flexibility index (Phi) is 4.05. The molecule has 2 aromatic rings. The second-order valence-electron chi connectivity index (χ2n) is 3.78. The molecule has 0 unspecified atom stereocenters. The molecule has 0 saturated carbocycles. The van der Waals surface area contributed by atoms with Gasteiger partial charge in [-0.25, -0.2) is 13.6 Å². The molecule has 0 radical (unpaired) electrons. The van der Waals surface area contributed by atoms with Crippen LogP contribution in [0.15, 0.2) is 57.2 Å². The van der Waals surface area contributed by atoms with Crippen molar-refractivity contribution in [1.82, 2.24) is 0 Å². The number of rotatable bonds is 3. The van der Waals surface area contributed by atoms with E-state index in [1.165, 1.54) is 23.9 Å². The molecule has 0 atom stereocenters. The smallest absolute Gasteiger partial charge is 0.238 e. The lowest BCUT2D eigenvalue weighted by Crippen LogP contribution is -2.12. The highest BCUT2D eigenvalue weighted by molar-refractivity contribution is 7.99. The van der Waals surface area contributed by atoms with Gasteiger partial charge >= 0.3 is 0 Å². The van der Waals surface area contributed by atoms with Gasteiger partial charge in [0.2, 0.25) is 10.0 Å². The number of halogens is 1. The van der Waals surface area contributed by atoms with E-state index >= 15 is 0 Å². The van der Waals surface area contributed by atoms with Gasteiger partial charge in [-0.2, -0.15) is 0 Å². The molecule has 0 aliphatic rings. The lowest BCUT2D eigenvalue weighted by molar-refractivity contribution is 0.598. The Labute approximate surface area is 120 Å². The van der Waals surface area contributed by atoms with Crippen molar-refractivity contribution < 1.29 is 8.42 Å². The fraction of sp³-hybridized carbons (Fsp3) is 0. The van der Waals surface area contributed by atoms with E-state index in [0.29, 0.717) is 10.7 Å². The van der Waals surface area contributed by atoms with Gasteiger partial charge in [0, 0.05) is 15.5 Å². The van der Waals surface area contributed by atoms with Crippen molar-refractivity contribution in [3.05, 3.63) is 47.5 Å². The normalized spacial score (nSPS) is 11.5. The van der Waals surface area contributed by atoms with Crippen LogP contribution in [-0.2, 0) is 10.0 Å². The number of anilines is 1. The molecule has 0 amide bonds. The fourth-order valence-corrected chi connectivity index (χ4v) is 3.10. The molecule has 0 aromatic heterocycles. The minimum atomic E-state index is -3.74. The van der Waals surface area contributed by atoms with Crippen LogP contribution in [0.1, 0.15) is 0 Å². The zero-order chi connectivity index (χ0) is 14.0. The average molecular weight is 315 g/mol. The number of nitrogens with two attached hydrogens (primary N) is 2. The lowest BCUT2D eigenvalue weighted by Gasteiger charge is -2.08. The molecule has 7 heteroatoms. The molecule has 2 rings (SSSR count). The summed E-state index contributed by atoms with van der Waals surface area (Å²) >= 11 is 7.42. The van der Waals surface area contributed by atoms with Gasteiger partial charge in [-0.3, -0.25) is 0 Å². The van der Waals surface area contributed by atoms with Crippen molar-refractivity contribution in [3.8, 4) is 0 Å². The average Bonchev–Trinajstić information content (AvgIpc) is 2.33. The summed E-state index contributed by atoms with van der Waals surface area (Å²) in [5.74, 6) is 0. The van der Waals surface area contributed by atoms with Crippen LogP contribution in [0.4, 0.5) is 5.69 Å². The molecule has 0 saturated heterocycles. The van der Waals surface area contributed by atoms with Gasteiger partial charge in [-0.05, 0) is 30.3 Å². The first-order chi connectivity index (χ1) is 8.88. The molecule has 2 aromatic carbocycles. The minimum absolute atomic E-state index is 0.00601. The maximum absolute atomic E-state index is 11.2.